The maximum atomic E-state index is 10.8. The average molecular weight is 224 g/mol. The van der Waals surface area contributed by atoms with Crippen molar-refractivity contribution >= 4 is 23.1 Å². The Bertz CT molecular complexity index is 376. The first-order chi connectivity index (χ1) is 7.00. The topological polar surface area (TPSA) is 78.3 Å². The summed E-state index contributed by atoms with van der Waals surface area (Å²) < 4.78 is 5.39. The minimum atomic E-state index is -0.469. The Morgan fingerprint density at radius 2 is 1.87 bits per heavy atom. The molecule has 4 nitrogen and oxygen atoms in total. The van der Waals surface area contributed by atoms with E-state index >= 15 is 0 Å². The van der Waals surface area contributed by atoms with Gasteiger partial charge < -0.3 is 16.2 Å². The second-order valence-corrected chi connectivity index (χ2v) is 3.52. The lowest BCUT2D eigenvalue weighted by molar-refractivity contribution is 0.100. The van der Waals surface area contributed by atoms with Crippen LogP contribution in [0.15, 0.2) is 24.3 Å². The highest BCUT2D eigenvalue weighted by atomic mass is 32.1. The van der Waals surface area contributed by atoms with Crippen LogP contribution in [0.2, 0.25) is 0 Å². The average Bonchev–Trinajstić information content (AvgIpc) is 2.18. The number of rotatable bonds is 4. The van der Waals surface area contributed by atoms with Crippen molar-refractivity contribution in [3.8, 4) is 5.75 Å². The van der Waals surface area contributed by atoms with Gasteiger partial charge >= 0.3 is 0 Å². The van der Waals surface area contributed by atoms with Crippen molar-refractivity contribution in [3.63, 3.8) is 0 Å². The van der Waals surface area contributed by atoms with E-state index in [-0.39, 0.29) is 11.1 Å². The number of hydrogen-bond acceptors (Lipinski definition) is 3. The number of primary amides is 1. The number of ether oxygens (including phenoxy) is 1. The van der Waals surface area contributed by atoms with Gasteiger partial charge in [0.25, 0.3) is 0 Å². The smallest absolute Gasteiger partial charge is 0.248 e. The molecule has 15 heavy (non-hydrogen) atoms. The van der Waals surface area contributed by atoms with E-state index in [4.69, 9.17) is 28.4 Å². The maximum Gasteiger partial charge on any atom is 0.248 e. The van der Waals surface area contributed by atoms with E-state index in [2.05, 4.69) is 0 Å². The summed E-state index contributed by atoms with van der Waals surface area (Å²) in [5.41, 5.74) is 10.9. The number of carbonyl (C=O) groups excluding carboxylic acids is 1. The zero-order chi connectivity index (χ0) is 11.4. The summed E-state index contributed by atoms with van der Waals surface area (Å²) in [6.07, 6.45) is -0.334. The molecule has 4 N–H and O–H groups in total. The Balaban J connectivity index is 2.72. The molecule has 5 heteroatoms. The lowest BCUT2D eigenvalue weighted by Crippen LogP contribution is -2.28. The summed E-state index contributed by atoms with van der Waals surface area (Å²) in [6.45, 7) is 1.75. The van der Waals surface area contributed by atoms with Gasteiger partial charge in [-0.15, -0.1) is 0 Å². The van der Waals surface area contributed by atoms with Gasteiger partial charge in [-0.2, -0.15) is 0 Å². The van der Waals surface area contributed by atoms with Gasteiger partial charge in [0.2, 0.25) is 5.91 Å². The van der Waals surface area contributed by atoms with Crippen LogP contribution in [0, 0.1) is 0 Å². The monoisotopic (exact) mass is 224 g/mol. The Kier molecular flexibility index (Phi) is 3.62. The van der Waals surface area contributed by atoms with Crippen LogP contribution < -0.4 is 16.2 Å². The number of benzene rings is 1. The summed E-state index contributed by atoms with van der Waals surface area (Å²) in [4.78, 5) is 11.1. The zero-order valence-corrected chi connectivity index (χ0v) is 9.08. The van der Waals surface area contributed by atoms with Crippen LogP contribution >= 0.6 is 12.2 Å². The minimum Gasteiger partial charge on any atom is -0.484 e. The van der Waals surface area contributed by atoms with Crippen molar-refractivity contribution < 1.29 is 9.53 Å². The van der Waals surface area contributed by atoms with Crippen LogP contribution in [0.4, 0.5) is 0 Å². The van der Waals surface area contributed by atoms with Gasteiger partial charge in [-0.25, -0.2) is 0 Å². The third-order valence-electron chi connectivity index (χ3n) is 1.85. The first-order valence-corrected chi connectivity index (χ1v) is 4.77. The van der Waals surface area contributed by atoms with Gasteiger partial charge in [-0.05, 0) is 31.2 Å². The molecule has 0 aliphatic heterocycles. The lowest BCUT2D eigenvalue weighted by atomic mass is 10.2. The van der Waals surface area contributed by atoms with Crippen LogP contribution in [0.5, 0.6) is 5.75 Å². The van der Waals surface area contributed by atoms with E-state index < -0.39 is 5.91 Å². The molecule has 0 heterocycles. The summed E-state index contributed by atoms with van der Waals surface area (Å²) in [5, 5.41) is 0. The largest absolute Gasteiger partial charge is 0.484 e. The molecule has 1 aromatic rings. The molecule has 0 saturated heterocycles. The minimum absolute atomic E-state index is 0.286. The van der Waals surface area contributed by atoms with E-state index in [9.17, 15) is 4.79 Å². The first-order valence-electron chi connectivity index (χ1n) is 4.36. The van der Waals surface area contributed by atoms with Crippen LogP contribution in [0.25, 0.3) is 0 Å². The highest BCUT2D eigenvalue weighted by molar-refractivity contribution is 7.80. The molecule has 1 atom stereocenters. The van der Waals surface area contributed by atoms with Crippen molar-refractivity contribution in [1.82, 2.24) is 0 Å². The van der Waals surface area contributed by atoms with Gasteiger partial charge in [0.05, 0.1) is 0 Å². The summed E-state index contributed by atoms with van der Waals surface area (Å²) >= 11 is 4.76. The van der Waals surface area contributed by atoms with E-state index in [1.165, 1.54) is 0 Å². The Morgan fingerprint density at radius 1 is 1.33 bits per heavy atom. The predicted octanol–water partition coefficient (Wildman–Crippen LogP) is 0.839. The van der Waals surface area contributed by atoms with E-state index in [1.54, 1.807) is 31.2 Å². The van der Waals surface area contributed by atoms with Gasteiger partial charge in [0.15, 0.2) is 0 Å². The molecular formula is C10H12N2O2S. The fourth-order valence-electron chi connectivity index (χ4n) is 0.960. The molecular weight excluding hydrogens is 212 g/mol. The SMILES string of the molecule is CC(Oc1ccc(C(N)=O)cc1)C(N)=S. The number of carbonyl (C=O) groups is 1. The van der Waals surface area contributed by atoms with Gasteiger partial charge in [0.1, 0.15) is 16.8 Å². The highest BCUT2D eigenvalue weighted by Crippen LogP contribution is 2.13. The predicted molar refractivity (Wildman–Crippen MR) is 61.8 cm³/mol. The van der Waals surface area contributed by atoms with E-state index in [0.717, 1.165) is 0 Å². The molecule has 1 unspecified atom stereocenters. The van der Waals surface area contributed by atoms with Crippen molar-refractivity contribution in [3.05, 3.63) is 29.8 Å². The quantitative estimate of drug-likeness (QED) is 0.743. The molecule has 0 aliphatic carbocycles. The molecule has 1 amide bonds. The summed E-state index contributed by atoms with van der Waals surface area (Å²) in [5.74, 6) is 0.129. The Morgan fingerprint density at radius 3 is 2.27 bits per heavy atom. The number of amides is 1. The van der Waals surface area contributed by atoms with Crippen molar-refractivity contribution in [2.45, 2.75) is 13.0 Å². The molecule has 0 aliphatic rings. The molecule has 1 rings (SSSR count). The Hall–Kier alpha value is -1.62. The highest BCUT2D eigenvalue weighted by Gasteiger charge is 2.07. The molecule has 0 fully saturated rings. The van der Waals surface area contributed by atoms with E-state index in [1.807, 2.05) is 0 Å². The Labute approximate surface area is 93.2 Å². The fraction of sp³-hybridized carbons (Fsp3) is 0.200. The van der Waals surface area contributed by atoms with Crippen molar-refractivity contribution in [2.24, 2.45) is 11.5 Å². The maximum absolute atomic E-state index is 10.8. The lowest BCUT2D eigenvalue weighted by Gasteiger charge is -2.12. The van der Waals surface area contributed by atoms with Gasteiger partial charge in [-0.3, -0.25) is 4.79 Å². The number of nitrogens with two attached hydrogens (primary N) is 2. The van der Waals surface area contributed by atoms with Crippen molar-refractivity contribution in [2.75, 3.05) is 0 Å². The zero-order valence-electron chi connectivity index (χ0n) is 8.27. The third kappa shape index (κ3) is 3.21. The number of thiocarbonyl (C=S) groups is 1. The van der Waals surface area contributed by atoms with Crippen LogP contribution in [0.1, 0.15) is 17.3 Å². The molecule has 0 radical (unpaired) electrons. The first kappa shape index (κ1) is 11.5. The van der Waals surface area contributed by atoms with E-state index in [0.29, 0.717) is 11.3 Å². The molecule has 0 aromatic heterocycles. The molecule has 1 aromatic carbocycles. The second-order valence-electron chi connectivity index (χ2n) is 3.05. The molecule has 0 spiro atoms. The van der Waals surface area contributed by atoms with Crippen molar-refractivity contribution in [1.29, 1.82) is 0 Å². The molecule has 80 valence electrons. The molecule has 0 saturated carbocycles. The standard InChI is InChI=1S/C10H12N2O2S/c1-6(10(12)15)14-8-4-2-7(3-5-8)9(11)13/h2-6H,1H3,(H2,11,13)(H2,12,15). The molecule has 0 bridgehead atoms. The second kappa shape index (κ2) is 4.75. The number of hydrogen-bond donors (Lipinski definition) is 2. The van der Waals surface area contributed by atoms with Crippen LogP contribution in [-0.2, 0) is 0 Å². The van der Waals surface area contributed by atoms with Crippen LogP contribution in [0.3, 0.4) is 0 Å². The fourth-order valence-corrected chi connectivity index (χ4v) is 1.01. The summed E-state index contributed by atoms with van der Waals surface area (Å²) in [6, 6.07) is 6.47. The van der Waals surface area contributed by atoms with Gasteiger partial charge in [-0.1, -0.05) is 12.2 Å². The third-order valence-corrected chi connectivity index (χ3v) is 2.18. The summed E-state index contributed by atoms with van der Waals surface area (Å²) in [7, 11) is 0. The normalized spacial score (nSPS) is 11.8. The van der Waals surface area contributed by atoms with Gasteiger partial charge in [0, 0.05) is 5.56 Å². The van der Waals surface area contributed by atoms with Crippen LogP contribution in [-0.4, -0.2) is 17.0 Å².